The molecule has 7 heteroatoms. The quantitative estimate of drug-likeness (QED) is 0.637. The predicted molar refractivity (Wildman–Crippen MR) is 92.1 cm³/mol. The maximum absolute atomic E-state index is 12.2. The van der Waals surface area contributed by atoms with Gasteiger partial charge in [-0.15, -0.1) is 0 Å². The molecule has 0 radical (unpaired) electrons. The van der Waals surface area contributed by atoms with Crippen LogP contribution in [0.4, 0.5) is 11.4 Å². The molecule has 0 saturated heterocycles. The van der Waals surface area contributed by atoms with Crippen LogP contribution in [-0.4, -0.2) is 31.1 Å². The Hall–Kier alpha value is -3.35. The number of benzene rings is 2. The zero-order chi connectivity index (χ0) is 18.4. The van der Waals surface area contributed by atoms with Crippen LogP contribution in [0.2, 0.25) is 0 Å². The van der Waals surface area contributed by atoms with E-state index in [1.165, 1.54) is 32.2 Å². The van der Waals surface area contributed by atoms with Crippen molar-refractivity contribution < 1.29 is 23.9 Å². The molecular weight excluding hydrogens is 324 g/mol. The fourth-order valence-corrected chi connectivity index (χ4v) is 2.06. The van der Waals surface area contributed by atoms with Crippen molar-refractivity contribution >= 4 is 29.2 Å². The molecule has 25 heavy (non-hydrogen) atoms. The van der Waals surface area contributed by atoms with Crippen molar-refractivity contribution in [3.05, 3.63) is 59.7 Å². The van der Waals surface area contributed by atoms with Crippen molar-refractivity contribution in [1.29, 1.82) is 0 Å². The first kappa shape index (κ1) is 18.0. The minimum absolute atomic E-state index is 0.202. The van der Waals surface area contributed by atoms with Gasteiger partial charge in [0.2, 0.25) is 0 Å². The van der Waals surface area contributed by atoms with Crippen LogP contribution in [0.3, 0.4) is 0 Å². The predicted octanol–water partition coefficient (Wildman–Crippen LogP) is 2.24. The first-order valence-electron chi connectivity index (χ1n) is 7.47. The summed E-state index contributed by atoms with van der Waals surface area (Å²) in [7, 11) is 1.25. The molecule has 0 heterocycles. The van der Waals surface area contributed by atoms with Crippen molar-refractivity contribution in [3.8, 4) is 0 Å². The topological polar surface area (TPSA) is 108 Å². The molecule has 0 aliphatic heterocycles. The molecule has 3 N–H and O–H groups in total. The Morgan fingerprint density at radius 2 is 1.76 bits per heavy atom. The van der Waals surface area contributed by atoms with Gasteiger partial charge in [0.25, 0.3) is 5.91 Å². The summed E-state index contributed by atoms with van der Waals surface area (Å²) in [6.45, 7) is 1.43. The smallest absolute Gasteiger partial charge is 0.339 e. The Labute approximate surface area is 144 Å². The summed E-state index contributed by atoms with van der Waals surface area (Å²) < 4.78 is 9.79. The first-order chi connectivity index (χ1) is 11.9. The van der Waals surface area contributed by atoms with Crippen LogP contribution in [0.5, 0.6) is 0 Å². The molecule has 0 bridgehead atoms. The van der Waals surface area contributed by atoms with Crippen LogP contribution in [0, 0.1) is 0 Å². The molecule has 7 nitrogen and oxygen atoms in total. The monoisotopic (exact) mass is 342 g/mol. The summed E-state index contributed by atoms with van der Waals surface area (Å²) in [5.41, 5.74) is 6.75. The molecule has 0 fully saturated rings. The van der Waals surface area contributed by atoms with Gasteiger partial charge in [0, 0.05) is 5.69 Å². The molecule has 0 saturated carbocycles. The van der Waals surface area contributed by atoms with E-state index in [1.54, 1.807) is 30.3 Å². The average Bonchev–Trinajstić information content (AvgIpc) is 2.61. The number of amides is 1. The van der Waals surface area contributed by atoms with Crippen LogP contribution >= 0.6 is 0 Å². The number of carbonyl (C=O) groups excluding carboxylic acids is 3. The number of esters is 2. The Kier molecular flexibility index (Phi) is 5.73. The molecule has 1 atom stereocenters. The van der Waals surface area contributed by atoms with Gasteiger partial charge in [0.15, 0.2) is 6.10 Å². The fourth-order valence-electron chi connectivity index (χ4n) is 2.06. The zero-order valence-electron chi connectivity index (χ0n) is 13.8. The summed E-state index contributed by atoms with van der Waals surface area (Å²) in [4.78, 5) is 36.0. The summed E-state index contributed by atoms with van der Waals surface area (Å²) >= 11 is 0. The highest BCUT2D eigenvalue weighted by atomic mass is 16.5. The summed E-state index contributed by atoms with van der Waals surface area (Å²) in [6.07, 6.45) is -1.07. The summed E-state index contributed by atoms with van der Waals surface area (Å²) in [5.74, 6) is -1.83. The van der Waals surface area contributed by atoms with Gasteiger partial charge in [0.05, 0.1) is 23.9 Å². The minimum atomic E-state index is -1.07. The van der Waals surface area contributed by atoms with Gasteiger partial charge in [-0.25, -0.2) is 9.59 Å². The first-order valence-corrected chi connectivity index (χ1v) is 7.47. The van der Waals surface area contributed by atoms with Gasteiger partial charge >= 0.3 is 11.9 Å². The number of hydrogen-bond acceptors (Lipinski definition) is 6. The van der Waals surface area contributed by atoms with Crippen molar-refractivity contribution in [3.63, 3.8) is 0 Å². The van der Waals surface area contributed by atoms with Crippen LogP contribution in [-0.2, 0) is 14.3 Å². The number of hydrogen-bond donors (Lipinski definition) is 2. The SMILES string of the molecule is COC(=O)c1ccccc1NC(=O)C(C)OC(=O)c1cccc(N)c1. The largest absolute Gasteiger partial charge is 0.465 e. The van der Waals surface area contributed by atoms with Crippen LogP contribution < -0.4 is 11.1 Å². The Morgan fingerprint density at radius 1 is 1.04 bits per heavy atom. The molecule has 0 aromatic heterocycles. The molecule has 2 rings (SSSR count). The average molecular weight is 342 g/mol. The highest BCUT2D eigenvalue weighted by molar-refractivity contribution is 6.03. The van der Waals surface area contributed by atoms with Gasteiger partial charge < -0.3 is 20.5 Å². The Balaban J connectivity index is 2.06. The van der Waals surface area contributed by atoms with Gasteiger partial charge in [-0.2, -0.15) is 0 Å². The molecule has 0 spiro atoms. The number of nitrogens with one attached hydrogen (secondary N) is 1. The lowest BCUT2D eigenvalue weighted by Gasteiger charge is -2.15. The number of methoxy groups -OCH3 is 1. The number of carbonyl (C=O) groups is 3. The minimum Gasteiger partial charge on any atom is -0.465 e. The van der Waals surface area contributed by atoms with E-state index in [0.29, 0.717) is 5.69 Å². The lowest BCUT2D eigenvalue weighted by molar-refractivity contribution is -0.123. The number of anilines is 2. The van der Waals surface area contributed by atoms with E-state index < -0.39 is 23.9 Å². The number of rotatable bonds is 5. The number of para-hydroxylation sites is 1. The van der Waals surface area contributed by atoms with Crippen molar-refractivity contribution in [2.75, 3.05) is 18.2 Å². The number of nitrogen functional groups attached to an aromatic ring is 1. The Morgan fingerprint density at radius 3 is 2.44 bits per heavy atom. The molecule has 2 aromatic rings. The fraction of sp³-hybridized carbons (Fsp3) is 0.167. The second kappa shape index (κ2) is 7.96. The van der Waals surface area contributed by atoms with Crippen LogP contribution in [0.1, 0.15) is 27.6 Å². The van der Waals surface area contributed by atoms with E-state index in [4.69, 9.17) is 10.5 Å². The van der Waals surface area contributed by atoms with Gasteiger partial charge in [-0.3, -0.25) is 4.79 Å². The number of nitrogens with two attached hydrogens (primary N) is 1. The molecule has 2 aromatic carbocycles. The van der Waals surface area contributed by atoms with E-state index >= 15 is 0 Å². The van der Waals surface area contributed by atoms with E-state index in [-0.39, 0.29) is 16.8 Å². The van der Waals surface area contributed by atoms with Gasteiger partial charge in [-0.1, -0.05) is 18.2 Å². The van der Waals surface area contributed by atoms with Gasteiger partial charge in [0.1, 0.15) is 0 Å². The molecule has 0 aliphatic rings. The van der Waals surface area contributed by atoms with Crippen molar-refractivity contribution in [2.24, 2.45) is 0 Å². The van der Waals surface area contributed by atoms with Crippen molar-refractivity contribution in [2.45, 2.75) is 13.0 Å². The van der Waals surface area contributed by atoms with E-state index in [0.717, 1.165) is 0 Å². The summed E-state index contributed by atoms with van der Waals surface area (Å²) in [5, 5.41) is 2.55. The normalized spacial score (nSPS) is 11.3. The second-order valence-electron chi connectivity index (χ2n) is 5.20. The summed E-state index contributed by atoms with van der Waals surface area (Å²) in [6, 6.07) is 12.6. The molecule has 130 valence electrons. The van der Waals surface area contributed by atoms with Crippen molar-refractivity contribution in [1.82, 2.24) is 0 Å². The second-order valence-corrected chi connectivity index (χ2v) is 5.20. The van der Waals surface area contributed by atoms with Crippen LogP contribution in [0.25, 0.3) is 0 Å². The van der Waals surface area contributed by atoms with Gasteiger partial charge in [-0.05, 0) is 37.3 Å². The zero-order valence-corrected chi connectivity index (χ0v) is 13.8. The Bertz CT molecular complexity index is 804. The molecule has 0 aliphatic carbocycles. The maximum atomic E-state index is 12.2. The lowest BCUT2D eigenvalue weighted by atomic mass is 10.1. The third-order valence-corrected chi connectivity index (χ3v) is 3.37. The van der Waals surface area contributed by atoms with E-state index in [1.807, 2.05) is 0 Å². The molecular formula is C18H18N2O5. The van der Waals surface area contributed by atoms with Crippen LogP contribution in [0.15, 0.2) is 48.5 Å². The highest BCUT2D eigenvalue weighted by Crippen LogP contribution is 2.17. The maximum Gasteiger partial charge on any atom is 0.339 e. The number of ether oxygens (including phenoxy) is 2. The highest BCUT2D eigenvalue weighted by Gasteiger charge is 2.21. The lowest BCUT2D eigenvalue weighted by Crippen LogP contribution is -2.30. The molecule has 1 amide bonds. The standard InChI is InChI=1S/C18H18N2O5/c1-11(25-17(22)12-6-5-7-13(19)10-12)16(21)20-15-9-4-3-8-14(15)18(23)24-2/h3-11H,19H2,1-2H3,(H,20,21). The van der Waals surface area contributed by atoms with E-state index in [9.17, 15) is 14.4 Å². The third-order valence-electron chi connectivity index (χ3n) is 3.37. The third kappa shape index (κ3) is 4.57. The molecule has 1 unspecified atom stereocenters. The van der Waals surface area contributed by atoms with E-state index in [2.05, 4.69) is 10.1 Å².